The molecule has 1 saturated heterocycles. The Balaban J connectivity index is 2.14. The Morgan fingerprint density at radius 2 is 2.33 bits per heavy atom. The van der Waals surface area contributed by atoms with Crippen LogP contribution < -0.4 is 0 Å². The van der Waals surface area contributed by atoms with Gasteiger partial charge in [0.1, 0.15) is 6.29 Å². The quantitative estimate of drug-likeness (QED) is 0.740. The Morgan fingerprint density at radius 1 is 1.47 bits per heavy atom. The number of benzene rings is 1. The molecule has 76 valence electrons. The van der Waals surface area contributed by atoms with E-state index in [9.17, 15) is 4.79 Å². The van der Waals surface area contributed by atoms with Gasteiger partial charge in [0, 0.05) is 0 Å². The molecule has 0 saturated carbocycles. The molecule has 15 heavy (non-hydrogen) atoms. The summed E-state index contributed by atoms with van der Waals surface area (Å²) < 4.78 is 5.12. The van der Waals surface area contributed by atoms with Crippen LogP contribution in [0.4, 0.5) is 0 Å². The Labute approximate surface area is 86.3 Å². The Hall–Kier alpha value is -1.68. The third-order valence-electron chi connectivity index (χ3n) is 2.94. The number of nitrogens with zero attached hydrogens (tertiary/aromatic N) is 1. The highest BCUT2D eigenvalue weighted by atomic mass is 16.5. The molecule has 1 aliphatic heterocycles. The maximum absolute atomic E-state index is 11.1. The van der Waals surface area contributed by atoms with Crippen LogP contribution in [0.15, 0.2) is 24.5 Å². The molecule has 1 fully saturated rings. The lowest BCUT2D eigenvalue weighted by atomic mass is 9.80. The molecule has 1 aromatic carbocycles. The van der Waals surface area contributed by atoms with E-state index >= 15 is 0 Å². The van der Waals surface area contributed by atoms with Crippen molar-refractivity contribution in [3.8, 4) is 0 Å². The number of H-pyrrole nitrogens is 1. The first-order valence-corrected chi connectivity index (χ1v) is 4.82. The number of imidazole rings is 1. The molecule has 4 heteroatoms. The summed E-state index contributed by atoms with van der Waals surface area (Å²) in [5.41, 5.74) is 2.44. The minimum atomic E-state index is -0.431. The molecule has 0 amide bonds. The van der Waals surface area contributed by atoms with Gasteiger partial charge in [0.25, 0.3) is 0 Å². The molecular formula is C11H10N2O2. The van der Waals surface area contributed by atoms with Crippen LogP contribution >= 0.6 is 0 Å². The Bertz CT molecular complexity index is 514. The fourth-order valence-electron chi connectivity index (χ4n) is 1.87. The maximum atomic E-state index is 11.1. The Kier molecular flexibility index (Phi) is 1.67. The van der Waals surface area contributed by atoms with Crippen molar-refractivity contribution in [1.29, 1.82) is 0 Å². The van der Waals surface area contributed by atoms with E-state index in [1.165, 1.54) is 0 Å². The molecule has 0 atom stereocenters. The number of carbonyl (C=O) groups excluding carboxylic acids is 1. The highest BCUT2D eigenvalue weighted by Gasteiger charge is 2.40. The summed E-state index contributed by atoms with van der Waals surface area (Å²) in [6.07, 6.45) is 2.63. The average molecular weight is 202 g/mol. The predicted octanol–water partition coefficient (Wildman–Crippen LogP) is 1.03. The lowest BCUT2D eigenvalue weighted by Gasteiger charge is -2.36. The van der Waals surface area contributed by atoms with Crippen LogP contribution in [0.1, 0.15) is 5.56 Å². The number of aromatic nitrogens is 2. The second kappa shape index (κ2) is 2.90. The lowest BCUT2D eigenvalue weighted by Crippen LogP contribution is -2.48. The van der Waals surface area contributed by atoms with Crippen molar-refractivity contribution in [2.24, 2.45) is 0 Å². The van der Waals surface area contributed by atoms with E-state index in [0.29, 0.717) is 13.2 Å². The molecular weight excluding hydrogens is 192 g/mol. The topological polar surface area (TPSA) is 55.0 Å². The molecule has 0 bridgehead atoms. The minimum absolute atomic E-state index is 0.431. The second-order valence-corrected chi connectivity index (χ2v) is 3.90. The summed E-state index contributed by atoms with van der Waals surface area (Å²) in [5.74, 6) is 0. The average Bonchev–Trinajstić information content (AvgIpc) is 2.64. The van der Waals surface area contributed by atoms with Crippen molar-refractivity contribution in [3.05, 3.63) is 30.1 Å². The van der Waals surface area contributed by atoms with Gasteiger partial charge in [0.2, 0.25) is 0 Å². The van der Waals surface area contributed by atoms with E-state index in [1.807, 2.05) is 18.2 Å². The molecule has 1 aliphatic rings. The number of nitrogens with one attached hydrogen (secondary N) is 1. The first kappa shape index (κ1) is 8.61. The van der Waals surface area contributed by atoms with Crippen LogP contribution in [0, 0.1) is 0 Å². The van der Waals surface area contributed by atoms with Gasteiger partial charge in [-0.15, -0.1) is 0 Å². The van der Waals surface area contributed by atoms with Crippen molar-refractivity contribution in [1.82, 2.24) is 9.97 Å². The zero-order chi connectivity index (χ0) is 10.3. The number of hydrogen-bond acceptors (Lipinski definition) is 3. The molecule has 1 N–H and O–H groups in total. The van der Waals surface area contributed by atoms with Gasteiger partial charge in [0.15, 0.2) is 0 Å². The first-order valence-electron chi connectivity index (χ1n) is 4.82. The summed E-state index contributed by atoms with van der Waals surface area (Å²) in [4.78, 5) is 18.3. The van der Waals surface area contributed by atoms with Gasteiger partial charge in [-0.25, -0.2) is 4.98 Å². The van der Waals surface area contributed by atoms with E-state index in [0.717, 1.165) is 22.9 Å². The molecule has 4 nitrogen and oxygen atoms in total. The largest absolute Gasteiger partial charge is 0.379 e. The number of fused-ring (bicyclic) bond motifs is 1. The zero-order valence-electron chi connectivity index (χ0n) is 8.06. The number of ether oxygens (including phenoxy) is 1. The van der Waals surface area contributed by atoms with E-state index < -0.39 is 5.41 Å². The second-order valence-electron chi connectivity index (χ2n) is 3.90. The summed E-state index contributed by atoms with van der Waals surface area (Å²) in [7, 11) is 0. The van der Waals surface area contributed by atoms with Gasteiger partial charge in [0.05, 0.1) is 36.0 Å². The third kappa shape index (κ3) is 1.11. The van der Waals surface area contributed by atoms with E-state index in [2.05, 4.69) is 9.97 Å². The number of hydrogen-bond donors (Lipinski definition) is 1. The van der Waals surface area contributed by atoms with Crippen LogP contribution in [0.5, 0.6) is 0 Å². The summed E-state index contributed by atoms with van der Waals surface area (Å²) >= 11 is 0. The fourth-order valence-corrected chi connectivity index (χ4v) is 1.87. The zero-order valence-corrected chi connectivity index (χ0v) is 8.06. The van der Waals surface area contributed by atoms with E-state index in [4.69, 9.17) is 4.74 Å². The molecule has 0 radical (unpaired) electrons. The van der Waals surface area contributed by atoms with Crippen molar-refractivity contribution < 1.29 is 9.53 Å². The van der Waals surface area contributed by atoms with Crippen LogP contribution in [-0.4, -0.2) is 29.5 Å². The highest BCUT2D eigenvalue weighted by Crippen LogP contribution is 2.31. The summed E-state index contributed by atoms with van der Waals surface area (Å²) in [5, 5.41) is 0. The summed E-state index contributed by atoms with van der Waals surface area (Å²) in [6.45, 7) is 0.965. The minimum Gasteiger partial charge on any atom is -0.379 e. The van der Waals surface area contributed by atoms with Gasteiger partial charge < -0.3 is 14.5 Å². The molecule has 3 rings (SSSR count). The van der Waals surface area contributed by atoms with Crippen molar-refractivity contribution >= 4 is 17.3 Å². The van der Waals surface area contributed by atoms with Crippen LogP contribution in [-0.2, 0) is 14.9 Å². The number of carbonyl (C=O) groups is 1. The Morgan fingerprint density at radius 3 is 3.00 bits per heavy atom. The smallest absolute Gasteiger partial charge is 0.135 e. The van der Waals surface area contributed by atoms with Crippen molar-refractivity contribution in [2.45, 2.75) is 5.41 Å². The predicted molar refractivity (Wildman–Crippen MR) is 54.7 cm³/mol. The van der Waals surface area contributed by atoms with Crippen LogP contribution in [0.25, 0.3) is 11.0 Å². The molecule has 0 unspecified atom stereocenters. The van der Waals surface area contributed by atoms with E-state index in [-0.39, 0.29) is 0 Å². The van der Waals surface area contributed by atoms with E-state index in [1.54, 1.807) is 6.33 Å². The fraction of sp³-hybridized carbons (Fsp3) is 0.273. The van der Waals surface area contributed by atoms with Gasteiger partial charge in [-0.05, 0) is 17.7 Å². The third-order valence-corrected chi connectivity index (χ3v) is 2.94. The summed E-state index contributed by atoms with van der Waals surface area (Å²) in [6, 6.07) is 5.84. The van der Waals surface area contributed by atoms with Crippen LogP contribution in [0.3, 0.4) is 0 Å². The van der Waals surface area contributed by atoms with Crippen LogP contribution in [0.2, 0.25) is 0 Å². The molecule has 1 aromatic heterocycles. The maximum Gasteiger partial charge on any atom is 0.135 e. The molecule has 0 aliphatic carbocycles. The van der Waals surface area contributed by atoms with Gasteiger partial charge in [-0.3, -0.25) is 0 Å². The molecule has 0 spiro atoms. The number of aromatic amines is 1. The first-order chi connectivity index (χ1) is 7.34. The monoisotopic (exact) mass is 202 g/mol. The molecule has 2 aromatic rings. The van der Waals surface area contributed by atoms with Crippen molar-refractivity contribution in [2.75, 3.05) is 13.2 Å². The lowest BCUT2D eigenvalue weighted by molar-refractivity contribution is -0.129. The van der Waals surface area contributed by atoms with Crippen molar-refractivity contribution in [3.63, 3.8) is 0 Å². The normalized spacial score (nSPS) is 18.7. The van der Waals surface area contributed by atoms with Gasteiger partial charge in [-0.2, -0.15) is 0 Å². The number of rotatable bonds is 2. The van der Waals surface area contributed by atoms with Gasteiger partial charge >= 0.3 is 0 Å². The molecule has 2 heterocycles. The standard InChI is InChI=1S/C11H10N2O2/c14-4-11(5-15-6-11)8-1-2-9-10(3-8)13-7-12-9/h1-4,7H,5-6H2,(H,12,13). The van der Waals surface area contributed by atoms with Gasteiger partial charge in [-0.1, -0.05) is 6.07 Å². The SMILES string of the molecule is O=CC1(c2ccc3nc[nH]c3c2)COC1. The number of aldehydes is 1. The highest BCUT2D eigenvalue weighted by molar-refractivity contribution is 5.79.